The summed E-state index contributed by atoms with van der Waals surface area (Å²) < 4.78 is 0.885. The third-order valence-corrected chi connectivity index (χ3v) is 3.71. The molecule has 3 heteroatoms. The average Bonchev–Trinajstić information content (AvgIpc) is 2.20. The van der Waals surface area contributed by atoms with Crippen molar-refractivity contribution in [3.05, 3.63) is 39.9 Å². The quantitative estimate of drug-likeness (QED) is 0.713. The molecule has 0 N–H and O–H groups in total. The molecular formula is C11H8BrClO. The maximum atomic E-state index is 10.7. The summed E-state index contributed by atoms with van der Waals surface area (Å²) in [6, 6.07) is 5.76. The molecule has 0 amide bonds. The van der Waals surface area contributed by atoms with Crippen LogP contribution in [0.25, 0.3) is 4.48 Å². The predicted molar refractivity (Wildman–Crippen MR) is 61.7 cm³/mol. The van der Waals surface area contributed by atoms with Crippen LogP contribution in [0.5, 0.6) is 0 Å². The maximum absolute atomic E-state index is 10.7. The van der Waals surface area contributed by atoms with E-state index < -0.39 is 0 Å². The molecule has 1 aliphatic carbocycles. The molecular weight excluding hydrogens is 263 g/mol. The van der Waals surface area contributed by atoms with Crippen LogP contribution in [0.1, 0.15) is 17.5 Å². The van der Waals surface area contributed by atoms with Crippen LogP contribution < -0.4 is 0 Å². The summed E-state index contributed by atoms with van der Waals surface area (Å²) in [7, 11) is 0. The fourth-order valence-electron chi connectivity index (χ4n) is 1.67. The lowest BCUT2D eigenvalue weighted by Gasteiger charge is -2.17. The van der Waals surface area contributed by atoms with Crippen molar-refractivity contribution in [3.63, 3.8) is 0 Å². The first-order chi connectivity index (χ1) is 6.74. The van der Waals surface area contributed by atoms with Gasteiger partial charge in [-0.05, 0) is 46.0 Å². The molecule has 1 nitrogen and oxygen atoms in total. The number of hydrogen-bond acceptors (Lipinski definition) is 1. The van der Waals surface area contributed by atoms with E-state index in [0.717, 1.165) is 45.3 Å². The maximum Gasteiger partial charge on any atom is 0.147 e. The van der Waals surface area contributed by atoms with Crippen LogP contribution in [0.3, 0.4) is 0 Å². The summed E-state index contributed by atoms with van der Waals surface area (Å²) in [6.07, 6.45) is 2.52. The van der Waals surface area contributed by atoms with Crippen LogP contribution in [0.15, 0.2) is 23.8 Å². The molecule has 0 aromatic heterocycles. The molecule has 1 aliphatic rings. The molecule has 0 saturated heterocycles. The highest BCUT2D eigenvalue weighted by atomic mass is 79.9. The summed E-state index contributed by atoms with van der Waals surface area (Å²) in [6.45, 7) is 0. The fourth-order valence-corrected chi connectivity index (χ4v) is 2.60. The largest absolute Gasteiger partial charge is 0.298 e. The molecule has 0 bridgehead atoms. The SMILES string of the molecule is O=CC1=C(Br)c2cccc(Cl)c2CC1. The second kappa shape index (κ2) is 3.87. The summed E-state index contributed by atoms with van der Waals surface area (Å²) in [4.78, 5) is 10.7. The van der Waals surface area contributed by atoms with E-state index in [2.05, 4.69) is 15.9 Å². The first-order valence-corrected chi connectivity index (χ1v) is 5.52. The van der Waals surface area contributed by atoms with E-state index in [1.807, 2.05) is 18.2 Å². The van der Waals surface area contributed by atoms with Gasteiger partial charge in [-0.2, -0.15) is 0 Å². The number of halogens is 2. The Labute approximate surface area is 95.9 Å². The molecule has 0 unspecified atom stereocenters. The van der Waals surface area contributed by atoms with Crippen LogP contribution in [0.4, 0.5) is 0 Å². The molecule has 72 valence electrons. The Morgan fingerprint density at radius 2 is 2.14 bits per heavy atom. The van der Waals surface area contributed by atoms with Gasteiger partial charge in [0.2, 0.25) is 0 Å². The van der Waals surface area contributed by atoms with Gasteiger partial charge in [0.1, 0.15) is 6.29 Å². The van der Waals surface area contributed by atoms with Crippen molar-refractivity contribution in [2.24, 2.45) is 0 Å². The molecule has 0 heterocycles. The lowest BCUT2D eigenvalue weighted by molar-refractivity contribution is -0.105. The van der Waals surface area contributed by atoms with Crippen molar-refractivity contribution in [3.8, 4) is 0 Å². The van der Waals surface area contributed by atoms with Gasteiger partial charge in [0.25, 0.3) is 0 Å². The van der Waals surface area contributed by atoms with Crippen LogP contribution >= 0.6 is 27.5 Å². The summed E-state index contributed by atoms with van der Waals surface area (Å²) in [5, 5.41) is 0.782. The third-order valence-electron chi connectivity index (χ3n) is 2.42. The van der Waals surface area contributed by atoms with Crippen molar-refractivity contribution in [1.82, 2.24) is 0 Å². The molecule has 0 aliphatic heterocycles. The van der Waals surface area contributed by atoms with Crippen molar-refractivity contribution >= 4 is 38.3 Å². The third kappa shape index (κ3) is 1.53. The van der Waals surface area contributed by atoms with Crippen molar-refractivity contribution in [2.75, 3.05) is 0 Å². The molecule has 0 radical (unpaired) electrons. The standard InChI is InChI=1S/C11H8BrClO/c12-11-7(6-14)4-5-8-9(11)2-1-3-10(8)13/h1-3,6H,4-5H2. The van der Waals surface area contributed by atoms with Gasteiger partial charge in [0, 0.05) is 15.1 Å². The lowest BCUT2D eigenvalue weighted by Crippen LogP contribution is -2.03. The van der Waals surface area contributed by atoms with Gasteiger partial charge >= 0.3 is 0 Å². The van der Waals surface area contributed by atoms with Gasteiger partial charge in [-0.25, -0.2) is 0 Å². The second-order valence-corrected chi connectivity index (χ2v) is 4.42. The predicted octanol–water partition coefficient (Wildman–Crippen LogP) is 3.59. The molecule has 1 aromatic rings. The molecule has 0 fully saturated rings. The Kier molecular flexibility index (Phi) is 2.75. The van der Waals surface area contributed by atoms with E-state index in [1.165, 1.54) is 0 Å². The Morgan fingerprint density at radius 1 is 1.36 bits per heavy atom. The fraction of sp³-hybridized carbons (Fsp3) is 0.182. The van der Waals surface area contributed by atoms with Gasteiger partial charge in [-0.1, -0.05) is 23.7 Å². The molecule has 1 aromatic carbocycles. The van der Waals surface area contributed by atoms with Crippen molar-refractivity contribution in [1.29, 1.82) is 0 Å². The number of aldehydes is 1. The number of hydrogen-bond donors (Lipinski definition) is 0. The lowest BCUT2D eigenvalue weighted by atomic mass is 9.93. The van der Waals surface area contributed by atoms with Crippen LogP contribution in [0.2, 0.25) is 5.02 Å². The minimum atomic E-state index is 0.765. The zero-order valence-corrected chi connectivity index (χ0v) is 9.73. The van der Waals surface area contributed by atoms with E-state index >= 15 is 0 Å². The van der Waals surface area contributed by atoms with Gasteiger partial charge in [0.15, 0.2) is 0 Å². The Hall–Kier alpha value is -0.600. The zero-order chi connectivity index (χ0) is 10.1. The highest BCUT2D eigenvalue weighted by Crippen LogP contribution is 2.37. The smallest absolute Gasteiger partial charge is 0.147 e. The highest BCUT2D eigenvalue weighted by molar-refractivity contribution is 9.15. The Morgan fingerprint density at radius 3 is 2.86 bits per heavy atom. The average molecular weight is 272 g/mol. The molecule has 0 saturated carbocycles. The summed E-state index contributed by atoms with van der Waals surface area (Å²) >= 11 is 9.50. The van der Waals surface area contributed by atoms with Gasteiger partial charge in [-0.15, -0.1) is 0 Å². The zero-order valence-electron chi connectivity index (χ0n) is 7.39. The molecule has 2 rings (SSSR count). The van der Waals surface area contributed by atoms with E-state index in [9.17, 15) is 4.79 Å². The number of carbonyl (C=O) groups is 1. The van der Waals surface area contributed by atoms with Gasteiger partial charge in [-0.3, -0.25) is 4.79 Å². The van der Waals surface area contributed by atoms with E-state index in [4.69, 9.17) is 11.6 Å². The number of fused-ring (bicyclic) bond motifs is 1. The monoisotopic (exact) mass is 270 g/mol. The van der Waals surface area contributed by atoms with Gasteiger partial charge < -0.3 is 0 Å². The number of carbonyl (C=O) groups excluding carboxylic acids is 1. The Balaban J connectivity index is 2.63. The van der Waals surface area contributed by atoms with E-state index in [-0.39, 0.29) is 0 Å². The number of benzene rings is 1. The first-order valence-electron chi connectivity index (χ1n) is 4.35. The van der Waals surface area contributed by atoms with Crippen LogP contribution in [0, 0.1) is 0 Å². The molecule has 0 atom stereocenters. The van der Waals surface area contributed by atoms with Crippen LogP contribution in [-0.4, -0.2) is 6.29 Å². The molecule has 14 heavy (non-hydrogen) atoms. The summed E-state index contributed by atoms with van der Waals surface area (Å²) in [5.74, 6) is 0. The summed E-state index contributed by atoms with van der Waals surface area (Å²) in [5.41, 5.74) is 3.00. The minimum absolute atomic E-state index is 0.765. The highest BCUT2D eigenvalue weighted by Gasteiger charge is 2.18. The first kappa shape index (κ1) is 9.94. The minimum Gasteiger partial charge on any atom is -0.298 e. The van der Waals surface area contributed by atoms with Gasteiger partial charge in [0.05, 0.1) is 0 Å². The number of rotatable bonds is 1. The second-order valence-electron chi connectivity index (χ2n) is 3.22. The van der Waals surface area contributed by atoms with Crippen molar-refractivity contribution in [2.45, 2.75) is 12.8 Å². The number of allylic oxidation sites excluding steroid dienone is 1. The topological polar surface area (TPSA) is 17.1 Å². The molecule has 0 spiro atoms. The van der Waals surface area contributed by atoms with Crippen molar-refractivity contribution < 1.29 is 4.79 Å². The Bertz CT molecular complexity index is 423. The van der Waals surface area contributed by atoms with E-state index in [1.54, 1.807) is 0 Å². The normalized spacial score (nSPS) is 15.3. The van der Waals surface area contributed by atoms with E-state index in [0.29, 0.717) is 0 Å². The van der Waals surface area contributed by atoms with Crippen LogP contribution in [-0.2, 0) is 11.2 Å².